The van der Waals surface area contributed by atoms with Crippen LogP contribution in [0.15, 0.2) is 42.5 Å². The molecule has 0 saturated carbocycles. The number of ether oxygens (including phenoxy) is 3. The second-order valence-electron chi connectivity index (χ2n) is 6.09. The van der Waals surface area contributed by atoms with E-state index in [0.717, 1.165) is 12.1 Å². The quantitative estimate of drug-likeness (QED) is 0.787. The first-order chi connectivity index (χ1) is 12.6. The van der Waals surface area contributed by atoms with Crippen LogP contribution in [0.3, 0.4) is 0 Å². The Labute approximate surface area is 161 Å². The molecule has 0 atom stereocenters. The lowest BCUT2D eigenvalue weighted by atomic mass is 10.1. The first kappa shape index (κ1) is 17.6. The van der Waals surface area contributed by atoms with Crippen LogP contribution >= 0.6 is 23.2 Å². The summed E-state index contributed by atoms with van der Waals surface area (Å²) in [5.41, 5.74) is 1.39. The molecule has 1 amide bonds. The number of hydrogen-bond donors (Lipinski definition) is 0. The average Bonchev–Trinajstić information content (AvgIpc) is 2.86. The maximum atomic E-state index is 13.1. The minimum atomic E-state index is -1.39. The topological polar surface area (TPSA) is 48.0 Å². The molecule has 1 fully saturated rings. The van der Waals surface area contributed by atoms with Gasteiger partial charge in [-0.25, -0.2) is 0 Å². The molecule has 136 valence electrons. The maximum absolute atomic E-state index is 13.1. The van der Waals surface area contributed by atoms with Crippen molar-refractivity contribution in [3.8, 4) is 5.75 Å². The molecule has 2 heterocycles. The van der Waals surface area contributed by atoms with Gasteiger partial charge in [0.15, 0.2) is 0 Å². The highest BCUT2D eigenvalue weighted by atomic mass is 35.5. The van der Waals surface area contributed by atoms with Gasteiger partial charge in [-0.1, -0.05) is 23.2 Å². The first-order valence-electron chi connectivity index (χ1n) is 8.38. The minimum absolute atomic E-state index is 0.242. The number of benzene rings is 2. The Balaban J connectivity index is 1.55. The summed E-state index contributed by atoms with van der Waals surface area (Å²) in [6.45, 7) is 1.62. The molecule has 2 aliphatic heterocycles. The molecule has 1 spiro atoms. The lowest BCUT2D eigenvalue weighted by Crippen LogP contribution is -2.48. The molecular formula is C19H17Cl2NO4. The summed E-state index contributed by atoms with van der Waals surface area (Å²) in [6.07, 6.45) is 0.755. The molecule has 0 radical (unpaired) electrons. The number of amides is 1. The van der Waals surface area contributed by atoms with E-state index in [-0.39, 0.29) is 5.91 Å². The van der Waals surface area contributed by atoms with Gasteiger partial charge in [0.1, 0.15) is 12.4 Å². The molecule has 0 bridgehead atoms. The number of anilines is 1. The summed E-state index contributed by atoms with van der Waals surface area (Å²) in [5.74, 6) is -0.940. The molecular weight excluding hydrogens is 377 g/mol. The molecule has 2 aromatic carbocycles. The van der Waals surface area contributed by atoms with E-state index >= 15 is 0 Å². The standard InChI is InChI=1S/C19H17Cl2NO4/c20-13-2-5-15(6-3-13)24-11-8-22-17-7-4-14(21)12-16(17)19(18(22)23)25-9-1-10-26-19/h2-7,12H,1,8-11H2. The molecule has 26 heavy (non-hydrogen) atoms. The van der Waals surface area contributed by atoms with Crippen molar-refractivity contribution in [1.82, 2.24) is 0 Å². The Morgan fingerprint density at radius 3 is 2.46 bits per heavy atom. The number of hydrogen-bond acceptors (Lipinski definition) is 4. The van der Waals surface area contributed by atoms with Crippen LogP contribution in [-0.4, -0.2) is 32.3 Å². The number of halogens is 2. The minimum Gasteiger partial charge on any atom is -0.492 e. The third-order valence-electron chi connectivity index (χ3n) is 4.43. The van der Waals surface area contributed by atoms with Crippen LogP contribution in [-0.2, 0) is 20.1 Å². The Morgan fingerprint density at radius 1 is 1.04 bits per heavy atom. The van der Waals surface area contributed by atoms with Crippen LogP contribution < -0.4 is 9.64 Å². The number of nitrogens with zero attached hydrogens (tertiary/aromatic N) is 1. The van der Waals surface area contributed by atoms with Crippen molar-refractivity contribution in [3.63, 3.8) is 0 Å². The SMILES string of the molecule is O=C1N(CCOc2ccc(Cl)cc2)c2ccc(Cl)cc2C12OCCCO2. The van der Waals surface area contributed by atoms with Gasteiger partial charge in [0.2, 0.25) is 0 Å². The van der Waals surface area contributed by atoms with Crippen molar-refractivity contribution in [3.05, 3.63) is 58.1 Å². The Morgan fingerprint density at radius 2 is 1.73 bits per heavy atom. The predicted molar refractivity (Wildman–Crippen MR) is 99.0 cm³/mol. The second kappa shape index (κ2) is 7.08. The van der Waals surface area contributed by atoms with Gasteiger partial charge in [-0.3, -0.25) is 4.79 Å². The zero-order valence-electron chi connectivity index (χ0n) is 13.9. The average molecular weight is 394 g/mol. The fourth-order valence-corrected chi connectivity index (χ4v) is 3.53. The molecule has 5 nitrogen and oxygen atoms in total. The summed E-state index contributed by atoms with van der Waals surface area (Å²) < 4.78 is 17.3. The van der Waals surface area contributed by atoms with E-state index in [0.29, 0.717) is 47.7 Å². The molecule has 7 heteroatoms. The van der Waals surface area contributed by atoms with Gasteiger partial charge in [0.05, 0.1) is 25.4 Å². The third kappa shape index (κ3) is 3.05. The molecule has 4 rings (SSSR count). The first-order valence-corrected chi connectivity index (χ1v) is 9.14. The molecule has 0 aliphatic carbocycles. The van der Waals surface area contributed by atoms with Gasteiger partial charge >= 0.3 is 0 Å². The number of rotatable bonds is 4. The molecule has 2 aromatic rings. The summed E-state index contributed by atoms with van der Waals surface area (Å²) in [4.78, 5) is 14.7. The van der Waals surface area contributed by atoms with E-state index < -0.39 is 5.79 Å². The van der Waals surface area contributed by atoms with Crippen molar-refractivity contribution < 1.29 is 19.0 Å². The van der Waals surface area contributed by atoms with E-state index in [1.54, 1.807) is 41.3 Å². The molecule has 0 N–H and O–H groups in total. The maximum Gasteiger partial charge on any atom is 0.292 e. The van der Waals surface area contributed by atoms with Gasteiger partial charge in [0.25, 0.3) is 11.7 Å². The van der Waals surface area contributed by atoms with Crippen LogP contribution in [0.4, 0.5) is 5.69 Å². The number of fused-ring (bicyclic) bond motifs is 2. The number of carbonyl (C=O) groups excluding carboxylic acids is 1. The van der Waals surface area contributed by atoms with E-state index in [4.69, 9.17) is 37.4 Å². The fourth-order valence-electron chi connectivity index (χ4n) is 3.23. The van der Waals surface area contributed by atoms with Gasteiger partial charge < -0.3 is 19.1 Å². The monoisotopic (exact) mass is 393 g/mol. The van der Waals surface area contributed by atoms with E-state index in [1.165, 1.54) is 0 Å². The largest absolute Gasteiger partial charge is 0.492 e. The van der Waals surface area contributed by atoms with E-state index in [1.807, 2.05) is 6.07 Å². The van der Waals surface area contributed by atoms with Crippen molar-refractivity contribution in [2.75, 3.05) is 31.3 Å². The van der Waals surface area contributed by atoms with Crippen molar-refractivity contribution in [2.45, 2.75) is 12.2 Å². The van der Waals surface area contributed by atoms with Gasteiger partial charge in [-0.2, -0.15) is 0 Å². The zero-order chi connectivity index (χ0) is 18.1. The Hall–Kier alpha value is -1.79. The lowest BCUT2D eigenvalue weighted by Gasteiger charge is -2.32. The molecule has 0 aromatic heterocycles. The summed E-state index contributed by atoms with van der Waals surface area (Å²) in [5, 5.41) is 1.18. The number of carbonyl (C=O) groups is 1. The second-order valence-corrected chi connectivity index (χ2v) is 6.96. The van der Waals surface area contributed by atoms with Crippen LogP contribution in [0.25, 0.3) is 0 Å². The van der Waals surface area contributed by atoms with E-state index in [2.05, 4.69) is 0 Å². The highest BCUT2D eigenvalue weighted by molar-refractivity contribution is 6.31. The van der Waals surface area contributed by atoms with E-state index in [9.17, 15) is 4.79 Å². The zero-order valence-corrected chi connectivity index (χ0v) is 15.4. The summed E-state index contributed by atoms with van der Waals surface area (Å²) >= 11 is 12.0. The highest BCUT2D eigenvalue weighted by Crippen LogP contribution is 2.46. The van der Waals surface area contributed by atoms with Crippen LogP contribution in [0.2, 0.25) is 10.0 Å². The van der Waals surface area contributed by atoms with Crippen LogP contribution in [0.1, 0.15) is 12.0 Å². The summed E-state index contributed by atoms with van der Waals surface area (Å²) in [6, 6.07) is 12.4. The van der Waals surface area contributed by atoms with Gasteiger partial charge in [-0.15, -0.1) is 0 Å². The van der Waals surface area contributed by atoms with Crippen LogP contribution in [0, 0.1) is 0 Å². The summed E-state index contributed by atoms with van der Waals surface area (Å²) in [7, 11) is 0. The van der Waals surface area contributed by atoms with Gasteiger partial charge in [0, 0.05) is 15.6 Å². The lowest BCUT2D eigenvalue weighted by molar-refractivity contribution is -0.256. The molecule has 1 saturated heterocycles. The Kier molecular flexibility index (Phi) is 4.80. The fraction of sp³-hybridized carbons (Fsp3) is 0.316. The van der Waals surface area contributed by atoms with Crippen molar-refractivity contribution in [2.24, 2.45) is 0 Å². The smallest absolute Gasteiger partial charge is 0.292 e. The normalized spacial score (nSPS) is 18.2. The van der Waals surface area contributed by atoms with Crippen molar-refractivity contribution in [1.29, 1.82) is 0 Å². The van der Waals surface area contributed by atoms with Crippen LogP contribution in [0.5, 0.6) is 5.75 Å². The Bertz CT molecular complexity index is 819. The van der Waals surface area contributed by atoms with Gasteiger partial charge in [-0.05, 0) is 48.9 Å². The van der Waals surface area contributed by atoms with Crippen molar-refractivity contribution >= 4 is 34.8 Å². The molecule has 2 aliphatic rings. The third-order valence-corrected chi connectivity index (χ3v) is 4.91. The molecule has 0 unspecified atom stereocenters. The predicted octanol–water partition coefficient (Wildman–Crippen LogP) is 4.01. The highest BCUT2D eigenvalue weighted by Gasteiger charge is 2.54.